The average molecular weight is 280 g/mol. The molecule has 0 radical (unpaired) electrons. The fourth-order valence-corrected chi connectivity index (χ4v) is 2.20. The Hall–Kier alpha value is -2.22. The van der Waals surface area contributed by atoms with Crippen molar-refractivity contribution in [2.24, 2.45) is 0 Å². The number of morpholine rings is 1. The van der Waals surface area contributed by atoms with Crippen molar-refractivity contribution in [2.45, 2.75) is 19.4 Å². The minimum Gasteiger partial charge on any atom is -0.384 e. The maximum atomic E-state index is 12.5. The van der Waals surface area contributed by atoms with Crippen molar-refractivity contribution in [2.75, 3.05) is 25.5 Å². The Morgan fingerprint density at radius 2 is 2.45 bits per heavy atom. The van der Waals surface area contributed by atoms with E-state index >= 15 is 0 Å². The summed E-state index contributed by atoms with van der Waals surface area (Å²) in [6, 6.07) is 1.17. The van der Waals surface area contributed by atoms with E-state index in [1.807, 2.05) is 6.92 Å². The summed E-state index contributed by atoms with van der Waals surface area (Å²) < 4.78 is 5.33. The highest BCUT2D eigenvalue weighted by atomic mass is 16.6. The van der Waals surface area contributed by atoms with Gasteiger partial charge in [-0.3, -0.25) is 14.9 Å². The molecule has 0 aromatic carbocycles. The smallest absolute Gasteiger partial charge is 0.300 e. The van der Waals surface area contributed by atoms with E-state index < -0.39 is 10.8 Å². The number of rotatable bonds is 3. The van der Waals surface area contributed by atoms with Crippen LogP contribution in [0.25, 0.3) is 0 Å². The number of hydrogen-bond donors (Lipinski definition) is 1. The first-order chi connectivity index (χ1) is 9.54. The molecule has 8 heteroatoms. The minimum absolute atomic E-state index is 0.0251. The number of pyridine rings is 1. The first-order valence-corrected chi connectivity index (χ1v) is 6.33. The molecule has 2 N–H and O–H groups in total. The molecule has 0 bridgehead atoms. The van der Waals surface area contributed by atoms with E-state index in [1.54, 1.807) is 4.90 Å². The summed E-state index contributed by atoms with van der Waals surface area (Å²) in [5.41, 5.74) is 5.18. The zero-order valence-corrected chi connectivity index (χ0v) is 11.1. The topological polar surface area (TPSA) is 112 Å². The van der Waals surface area contributed by atoms with Crippen LogP contribution < -0.4 is 5.73 Å². The van der Waals surface area contributed by atoms with Crippen LogP contribution in [0.4, 0.5) is 11.5 Å². The van der Waals surface area contributed by atoms with Crippen molar-refractivity contribution in [1.82, 2.24) is 9.88 Å². The van der Waals surface area contributed by atoms with Gasteiger partial charge in [-0.2, -0.15) is 0 Å². The number of nitrogen functional groups attached to an aromatic ring is 1. The highest BCUT2D eigenvalue weighted by Crippen LogP contribution is 2.23. The Balaban J connectivity index is 2.36. The molecule has 0 saturated carbocycles. The maximum Gasteiger partial charge on any atom is 0.300 e. The van der Waals surface area contributed by atoms with Crippen LogP contribution in [-0.4, -0.2) is 46.5 Å². The Kier molecular flexibility index (Phi) is 4.14. The molecule has 1 unspecified atom stereocenters. The Morgan fingerprint density at radius 1 is 1.70 bits per heavy atom. The van der Waals surface area contributed by atoms with Crippen molar-refractivity contribution in [3.05, 3.63) is 27.9 Å². The molecule has 1 fully saturated rings. The van der Waals surface area contributed by atoms with Gasteiger partial charge < -0.3 is 15.4 Å². The van der Waals surface area contributed by atoms with Crippen molar-refractivity contribution in [3.8, 4) is 0 Å². The lowest BCUT2D eigenvalue weighted by Gasteiger charge is -2.35. The van der Waals surface area contributed by atoms with E-state index in [1.165, 1.54) is 6.07 Å². The number of aromatic nitrogens is 1. The molecule has 2 rings (SSSR count). The van der Waals surface area contributed by atoms with Gasteiger partial charge in [-0.15, -0.1) is 0 Å². The van der Waals surface area contributed by atoms with Gasteiger partial charge in [-0.05, 0) is 12.5 Å². The summed E-state index contributed by atoms with van der Waals surface area (Å²) >= 11 is 0. The van der Waals surface area contributed by atoms with E-state index in [0.717, 1.165) is 12.6 Å². The van der Waals surface area contributed by atoms with Gasteiger partial charge in [0.05, 0.1) is 24.2 Å². The molecule has 1 saturated heterocycles. The number of carbonyl (C=O) groups is 1. The van der Waals surface area contributed by atoms with Crippen molar-refractivity contribution in [1.29, 1.82) is 0 Å². The number of nitrogens with two attached hydrogens (primary N) is 1. The molecule has 20 heavy (non-hydrogen) atoms. The van der Waals surface area contributed by atoms with E-state index in [9.17, 15) is 14.9 Å². The molecule has 0 aliphatic carbocycles. The zero-order chi connectivity index (χ0) is 14.7. The van der Waals surface area contributed by atoms with E-state index in [0.29, 0.717) is 19.8 Å². The second kappa shape index (κ2) is 5.83. The van der Waals surface area contributed by atoms with Crippen LogP contribution in [0.3, 0.4) is 0 Å². The number of hydrogen-bond acceptors (Lipinski definition) is 6. The molecule has 1 aromatic rings. The third-order valence-electron chi connectivity index (χ3n) is 3.29. The lowest BCUT2D eigenvalue weighted by atomic mass is 10.1. The maximum absolute atomic E-state index is 12.5. The third kappa shape index (κ3) is 2.69. The Labute approximate surface area is 115 Å². The third-order valence-corrected chi connectivity index (χ3v) is 3.29. The van der Waals surface area contributed by atoms with Gasteiger partial charge in [0.15, 0.2) is 0 Å². The first kappa shape index (κ1) is 14.2. The molecule has 8 nitrogen and oxygen atoms in total. The van der Waals surface area contributed by atoms with Crippen LogP contribution in [0, 0.1) is 10.1 Å². The van der Waals surface area contributed by atoms with E-state index in [2.05, 4.69) is 4.98 Å². The SMILES string of the molecule is CCC1COCCN1C(=O)c1cc(N)ncc1[N+](=O)[O-]. The van der Waals surface area contributed by atoms with Crippen LogP contribution in [0.15, 0.2) is 12.3 Å². The molecule has 1 amide bonds. The monoisotopic (exact) mass is 280 g/mol. The van der Waals surface area contributed by atoms with Crippen LogP contribution in [0.1, 0.15) is 23.7 Å². The second-order valence-corrected chi connectivity index (χ2v) is 4.52. The number of ether oxygens (including phenoxy) is 1. The highest BCUT2D eigenvalue weighted by Gasteiger charge is 2.31. The number of amides is 1. The highest BCUT2D eigenvalue weighted by molar-refractivity contribution is 5.98. The average Bonchev–Trinajstić information content (AvgIpc) is 2.46. The lowest BCUT2D eigenvalue weighted by molar-refractivity contribution is -0.385. The predicted octanol–water partition coefficient (Wildman–Crippen LogP) is 0.823. The van der Waals surface area contributed by atoms with Crippen LogP contribution in [-0.2, 0) is 4.74 Å². The normalized spacial score (nSPS) is 18.9. The number of nitro groups is 1. The number of anilines is 1. The van der Waals surface area contributed by atoms with Gasteiger partial charge in [0.1, 0.15) is 17.6 Å². The van der Waals surface area contributed by atoms with Crippen molar-refractivity contribution >= 4 is 17.4 Å². The van der Waals surface area contributed by atoms with E-state index in [-0.39, 0.29) is 23.1 Å². The second-order valence-electron chi connectivity index (χ2n) is 4.52. The number of carbonyl (C=O) groups excluding carboxylic acids is 1. The summed E-state index contributed by atoms with van der Waals surface area (Å²) in [7, 11) is 0. The summed E-state index contributed by atoms with van der Waals surface area (Å²) in [4.78, 5) is 28.2. The minimum atomic E-state index is -0.624. The van der Waals surface area contributed by atoms with Gasteiger partial charge in [0, 0.05) is 6.54 Å². The van der Waals surface area contributed by atoms with E-state index in [4.69, 9.17) is 10.5 Å². The van der Waals surface area contributed by atoms with Crippen LogP contribution in [0.2, 0.25) is 0 Å². The Bertz CT molecular complexity index is 534. The lowest BCUT2D eigenvalue weighted by Crippen LogP contribution is -2.48. The Morgan fingerprint density at radius 3 is 3.10 bits per heavy atom. The fraction of sp³-hybridized carbons (Fsp3) is 0.500. The van der Waals surface area contributed by atoms with Gasteiger partial charge in [0.25, 0.3) is 11.6 Å². The molecule has 1 aliphatic heterocycles. The standard InChI is InChI=1S/C12H16N4O4/c1-2-8-7-20-4-3-15(8)12(17)9-5-11(13)14-6-10(9)16(18)19/h5-6,8H,2-4,7H2,1H3,(H2,13,14). The van der Waals surface area contributed by atoms with Gasteiger partial charge in [0.2, 0.25) is 0 Å². The van der Waals surface area contributed by atoms with Gasteiger partial charge in [-0.1, -0.05) is 6.92 Å². The summed E-state index contributed by atoms with van der Waals surface area (Å²) in [5.74, 6) is -0.318. The molecule has 1 aliphatic rings. The van der Waals surface area contributed by atoms with Gasteiger partial charge >= 0.3 is 0 Å². The quantitative estimate of drug-likeness (QED) is 0.648. The molecule has 1 atom stereocenters. The van der Waals surface area contributed by atoms with Crippen molar-refractivity contribution < 1.29 is 14.5 Å². The molecule has 0 spiro atoms. The molecule has 108 valence electrons. The summed E-state index contributed by atoms with van der Waals surface area (Å²) in [6.07, 6.45) is 1.74. The summed E-state index contributed by atoms with van der Waals surface area (Å²) in [5, 5.41) is 11.0. The molecule has 1 aromatic heterocycles. The van der Waals surface area contributed by atoms with Crippen LogP contribution in [0.5, 0.6) is 0 Å². The fourth-order valence-electron chi connectivity index (χ4n) is 2.20. The van der Waals surface area contributed by atoms with Crippen LogP contribution >= 0.6 is 0 Å². The molecule has 2 heterocycles. The predicted molar refractivity (Wildman–Crippen MR) is 71.2 cm³/mol. The first-order valence-electron chi connectivity index (χ1n) is 6.33. The summed E-state index contributed by atoms with van der Waals surface area (Å²) in [6.45, 7) is 3.22. The van der Waals surface area contributed by atoms with Gasteiger partial charge in [-0.25, -0.2) is 4.98 Å². The largest absolute Gasteiger partial charge is 0.384 e. The molecular formula is C12H16N4O4. The number of nitrogens with zero attached hydrogens (tertiary/aromatic N) is 3. The zero-order valence-electron chi connectivity index (χ0n) is 11.1. The molecular weight excluding hydrogens is 264 g/mol. The van der Waals surface area contributed by atoms with Crippen molar-refractivity contribution in [3.63, 3.8) is 0 Å².